The second-order valence-corrected chi connectivity index (χ2v) is 6.57. The fraction of sp³-hybridized carbons (Fsp3) is 0.211. The van der Waals surface area contributed by atoms with Gasteiger partial charge >= 0.3 is 5.97 Å². The Kier molecular flexibility index (Phi) is 3.76. The molecule has 0 heterocycles. The first-order valence-electron chi connectivity index (χ1n) is 8.26. The van der Waals surface area contributed by atoms with Gasteiger partial charge in [-0.2, -0.15) is 0 Å². The lowest BCUT2D eigenvalue weighted by atomic mass is 9.76. The van der Waals surface area contributed by atoms with Crippen molar-refractivity contribution in [1.82, 2.24) is 0 Å². The van der Waals surface area contributed by atoms with E-state index in [0.29, 0.717) is 17.5 Å². The molecule has 2 N–H and O–H groups in total. The Morgan fingerprint density at radius 1 is 1.11 bits per heavy atom. The number of nitrogens with zero attached hydrogens (tertiary/aromatic N) is 1. The largest absolute Gasteiger partial charge is 0.507 e. The van der Waals surface area contributed by atoms with Gasteiger partial charge in [0.25, 0.3) is 0 Å². The standard InChI is InChI=1S/C19H13NO7/c21-13-3-1-2-11-14(13)18(24)15-12(16(11)22)7-9-6-8(19(25)27-20-26)4-5-10(9)17(15)23/h1-3,7-8,21,23H,4-6H2. The van der Waals surface area contributed by atoms with E-state index in [2.05, 4.69) is 10.2 Å². The number of phenols is 2. The number of ketones is 2. The number of carbonyl (C=O) groups is 3. The van der Waals surface area contributed by atoms with E-state index in [-0.39, 0.29) is 46.6 Å². The summed E-state index contributed by atoms with van der Waals surface area (Å²) in [6.45, 7) is 0. The fourth-order valence-corrected chi connectivity index (χ4v) is 3.87. The van der Waals surface area contributed by atoms with Crippen LogP contribution in [0.2, 0.25) is 0 Å². The highest BCUT2D eigenvalue weighted by molar-refractivity contribution is 6.30. The maximum absolute atomic E-state index is 12.8. The molecule has 27 heavy (non-hydrogen) atoms. The van der Waals surface area contributed by atoms with Crippen LogP contribution >= 0.6 is 0 Å². The predicted molar refractivity (Wildman–Crippen MR) is 90.5 cm³/mol. The zero-order chi connectivity index (χ0) is 19.3. The Bertz CT molecular complexity index is 1040. The van der Waals surface area contributed by atoms with Gasteiger partial charge in [-0.05, 0) is 42.5 Å². The summed E-state index contributed by atoms with van der Waals surface area (Å²) in [5.74, 6) is -3.14. The van der Waals surface area contributed by atoms with E-state index in [9.17, 15) is 29.5 Å². The van der Waals surface area contributed by atoms with E-state index in [4.69, 9.17) is 0 Å². The molecule has 0 amide bonds. The van der Waals surface area contributed by atoms with Crippen LogP contribution in [0.15, 0.2) is 29.6 Å². The van der Waals surface area contributed by atoms with Gasteiger partial charge in [-0.15, -0.1) is 4.91 Å². The Morgan fingerprint density at radius 3 is 2.63 bits per heavy atom. The fourth-order valence-electron chi connectivity index (χ4n) is 3.87. The van der Waals surface area contributed by atoms with Crippen molar-refractivity contribution in [3.05, 3.63) is 62.6 Å². The summed E-state index contributed by atoms with van der Waals surface area (Å²) in [4.78, 5) is 51.7. The summed E-state index contributed by atoms with van der Waals surface area (Å²) in [5.41, 5.74) is 0.829. The molecule has 0 bridgehead atoms. The van der Waals surface area contributed by atoms with Crippen molar-refractivity contribution >= 4 is 17.5 Å². The number of fused-ring (bicyclic) bond motifs is 3. The molecule has 0 radical (unpaired) electrons. The van der Waals surface area contributed by atoms with E-state index >= 15 is 0 Å². The molecule has 1 atom stereocenters. The van der Waals surface area contributed by atoms with Crippen LogP contribution in [0.3, 0.4) is 0 Å². The zero-order valence-corrected chi connectivity index (χ0v) is 13.9. The third-order valence-corrected chi connectivity index (χ3v) is 5.15. The second kappa shape index (κ2) is 6.01. The Hall–Kier alpha value is -3.55. The first-order chi connectivity index (χ1) is 12.9. The predicted octanol–water partition coefficient (Wildman–Crippen LogP) is 2.20. The molecular formula is C19H13NO7. The molecule has 136 valence electrons. The van der Waals surface area contributed by atoms with Gasteiger partial charge in [0.2, 0.25) is 5.78 Å². The van der Waals surface area contributed by atoms with Gasteiger partial charge in [0, 0.05) is 11.1 Å². The minimum Gasteiger partial charge on any atom is -0.507 e. The molecule has 1 unspecified atom stereocenters. The lowest BCUT2D eigenvalue weighted by molar-refractivity contribution is -0.149. The van der Waals surface area contributed by atoms with Crippen molar-refractivity contribution < 1.29 is 29.4 Å². The zero-order valence-electron chi connectivity index (χ0n) is 13.9. The molecule has 0 fully saturated rings. The van der Waals surface area contributed by atoms with Gasteiger partial charge in [-0.3, -0.25) is 14.4 Å². The van der Waals surface area contributed by atoms with E-state index in [0.717, 1.165) is 0 Å². The maximum Gasteiger partial charge on any atom is 0.341 e. The van der Waals surface area contributed by atoms with Gasteiger partial charge in [0.1, 0.15) is 11.5 Å². The SMILES string of the molecule is O=NOC(=O)C1CCc2c(cc3c(c2O)C(=O)c2c(O)cccc2C3=O)C1. The Labute approximate surface area is 152 Å². The smallest absolute Gasteiger partial charge is 0.341 e. The molecule has 8 nitrogen and oxygen atoms in total. The first-order valence-corrected chi connectivity index (χ1v) is 8.26. The van der Waals surface area contributed by atoms with Crippen molar-refractivity contribution in [1.29, 1.82) is 0 Å². The Morgan fingerprint density at radius 2 is 1.89 bits per heavy atom. The topological polar surface area (TPSA) is 130 Å². The quantitative estimate of drug-likeness (QED) is 0.524. The highest BCUT2D eigenvalue weighted by Crippen LogP contribution is 2.42. The van der Waals surface area contributed by atoms with Gasteiger partial charge < -0.3 is 10.2 Å². The van der Waals surface area contributed by atoms with E-state index in [1.165, 1.54) is 24.3 Å². The van der Waals surface area contributed by atoms with Gasteiger partial charge in [0.05, 0.1) is 17.0 Å². The van der Waals surface area contributed by atoms with Crippen LogP contribution in [0, 0.1) is 10.8 Å². The lowest BCUT2D eigenvalue weighted by Crippen LogP contribution is -2.26. The summed E-state index contributed by atoms with van der Waals surface area (Å²) < 4.78 is 0. The van der Waals surface area contributed by atoms with E-state index < -0.39 is 23.5 Å². The third-order valence-electron chi connectivity index (χ3n) is 5.15. The molecule has 8 heteroatoms. The van der Waals surface area contributed by atoms with Crippen LogP contribution in [0.1, 0.15) is 49.4 Å². The molecule has 0 saturated heterocycles. The molecule has 4 rings (SSSR count). The molecule has 2 aliphatic rings. The molecule has 0 aliphatic heterocycles. The number of phenolic OH excluding ortho intramolecular Hbond substituents is 2. The molecule has 0 spiro atoms. The van der Waals surface area contributed by atoms with Crippen LogP contribution in [-0.2, 0) is 22.5 Å². The van der Waals surface area contributed by atoms with Crippen molar-refractivity contribution in [2.45, 2.75) is 19.3 Å². The number of aromatic hydroxyl groups is 2. The summed E-state index contributed by atoms with van der Waals surface area (Å²) >= 11 is 0. The maximum atomic E-state index is 12.8. The minimum absolute atomic E-state index is 0.0249. The minimum atomic E-state index is -0.773. The van der Waals surface area contributed by atoms with Crippen molar-refractivity contribution in [3.8, 4) is 11.5 Å². The van der Waals surface area contributed by atoms with Gasteiger partial charge in [-0.25, -0.2) is 4.79 Å². The second-order valence-electron chi connectivity index (χ2n) is 6.57. The number of hydrogen-bond acceptors (Lipinski definition) is 8. The van der Waals surface area contributed by atoms with Crippen LogP contribution < -0.4 is 0 Å². The van der Waals surface area contributed by atoms with Gasteiger partial charge in [0.15, 0.2) is 11.1 Å². The lowest BCUT2D eigenvalue weighted by Gasteiger charge is -2.27. The third kappa shape index (κ3) is 2.41. The van der Waals surface area contributed by atoms with Crippen molar-refractivity contribution in [3.63, 3.8) is 0 Å². The summed E-state index contributed by atoms with van der Waals surface area (Å²) in [6.07, 6.45) is 0.721. The van der Waals surface area contributed by atoms with Crippen molar-refractivity contribution in [2.24, 2.45) is 11.3 Å². The number of rotatable bonds is 2. The Balaban J connectivity index is 1.84. The van der Waals surface area contributed by atoms with Gasteiger partial charge in [-0.1, -0.05) is 12.1 Å². The highest BCUT2D eigenvalue weighted by Gasteiger charge is 2.38. The molecular weight excluding hydrogens is 354 g/mol. The van der Waals surface area contributed by atoms with Crippen LogP contribution in [0.25, 0.3) is 0 Å². The average Bonchev–Trinajstić information content (AvgIpc) is 2.65. The number of hydrogen-bond donors (Lipinski definition) is 2. The van der Waals surface area contributed by atoms with E-state index in [1.54, 1.807) is 0 Å². The number of benzene rings is 2. The summed E-state index contributed by atoms with van der Waals surface area (Å²) in [5, 5.41) is 22.8. The highest BCUT2D eigenvalue weighted by atomic mass is 16.7. The normalized spacial score (nSPS) is 17.6. The van der Waals surface area contributed by atoms with Crippen molar-refractivity contribution in [2.75, 3.05) is 0 Å². The van der Waals surface area contributed by atoms with Crippen LogP contribution in [0.4, 0.5) is 0 Å². The number of carbonyl (C=O) groups excluding carboxylic acids is 3. The molecule has 2 aromatic rings. The monoisotopic (exact) mass is 367 g/mol. The molecule has 2 aromatic carbocycles. The average molecular weight is 367 g/mol. The summed E-state index contributed by atoms with van der Waals surface area (Å²) in [7, 11) is 0. The summed E-state index contributed by atoms with van der Waals surface area (Å²) in [6, 6.07) is 5.69. The van der Waals surface area contributed by atoms with Crippen LogP contribution in [-0.4, -0.2) is 27.7 Å². The van der Waals surface area contributed by atoms with Crippen LogP contribution in [0.5, 0.6) is 11.5 Å². The molecule has 0 saturated carbocycles. The molecule has 2 aliphatic carbocycles. The van der Waals surface area contributed by atoms with E-state index in [1.807, 2.05) is 0 Å². The molecule has 0 aromatic heterocycles. The first kappa shape index (κ1) is 16.9.